The van der Waals surface area contributed by atoms with Crippen LogP contribution in [0.2, 0.25) is 0 Å². The second-order valence-corrected chi connectivity index (χ2v) is 9.07. The van der Waals surface area contributed by atoms with Gasteiger partial charge in [0.1, 0.15) is 5.75 Å². The molecule has 0 N–H and O–H groups in total. The van der Waals surface area contributed by atoms with Crippen LogP contribution in [0.4, 0.5) is 0 Å². The summed E-state index contributed by atoms with van der Waals surface area (Å²) < 4.78 is 24.0. The Bertz CT molecular complexity index is 829. The molecule has 0 amide bonds. The van der Waals surface area contributed by atoms with E-state index in [-0.39, 0.29) is 36.1 Å². The molecule has 30 heavy (non-hydrogen) atoms. The van der Waals surface area contributed by atoms with Gasteiger partial charge >= 0.3 is 11.9 Å². The first-order valence-corrected chi connectivity index (χ1v) is 11.4. The van der Waals surface area contributed by atoms with Crippen molar-refractivity contribution in [3.05, 3.63) is 29.8 Å². The SMILES string of the molecule is CCOC(=O)CC12C(=O)Oc3ccccc3C1CC1(OCCCO1)C1CCCCC12. The van der Waals surface area contributed by atoms with Crippen LogP contribution in [0, 0.1) is 17.3 Å². The standard InChI is InChI=1S/C24H30O6/c1-2-27-21(25)15-23-17-9-4-5-10-18(17)24(28-12-7-13-29-24)14-19(23)16-8-3-6-11-20(16)30-22(23)26/h3,6,8,11,17-19H,2,4-5,7,9-10,12-15H2,1H3. The highest BCUT2D eigenvalue weighted by atomic mass is 16.7. The summed E-state index contributed by atoms with van der Waals surface area (Å²) in [5.74, 6) is -0.865. The van der Waals surface area contributed by atoms with Crippen molar-refractivity contribution in [1.82, 2.24) is 0 Å². The van der Waals surface area contributed by atoms with E-state index in [1.54, 1.807) is 6.92 Å². The largest absolute Gasteiger partial charge is 0.466 e. The average molecular weight is 414 g/mol. The van der Waals surface area contributed by atoms with E-state index in [0.717, 1.165) is 37.7 Å². The van der Waals surface area contributed by atoms with Gasteiger partial charge in [0.05, 0.1) is 31.7 Å². The minimum atomic E-state index is -0.929. The number of esters is 2. The van der Waals surface area contributed by atoms with Gasteiger partial charge in [-0.3, -0.25) is 9.59 Å². The lowest BCUT2D eigenvalue weighted by Crippen LogP contribution is -2.65. The maximum Gasteiger partial charge on any atom is 0.319 e. The van der Waals surface area contributed by atoms with Crippen molar-refractivity contribution in [2.75, 3.05) is 19.8 Å². The number of ether oxygens (including phenoxy) is 4. The molecule has 3 fully saturated rings. The number of rotatable bonds is 3. The maximum atomic E-state index is 13.7. The van der Waals surface area contributed by atoms with Crippen molar-refractivity contribution < 1.29 is 28.5 Å². The van der Waals surface area contributed by atoms with Crippen LogP contribution < -0.4 is 4.74 Å². The number of para-hydroxylation sites is 1. The molecule has 2 aliphatic heterocycles. The van der Waals surface area contributed by atoms with Gasteiger partial charge in [-0.25, -0.2) is 0 Å². The highest BCUT2D eigenvalue weighted by Crippen LogP contribution is 2.66. The Balaban J connectivity index is 1.66. The van der Waals surface area contributed by atoms with Crippen LogP contribution in [0.25, 0.3) is 0 Å². The zero-order chi connectivity index (χ0) is 20.8. The predicted octanol–water partition coefficient (Wildman–Crippen LogP) is 3.97. The molecule has 5 rings (SSSR count). The molecule has 0 radical (unpaired) electrons. The Labute approximate surface area is 177 Å². The van der Waals surface area contributed by atoms with Crippen LogP contribution in [0.3, 0.4) is 0 Å². The molecule has 2 heterocycles. The van der Waals surface area contributed by atoms with Crippen molar-refractivity contribution >= 4 is 11.9 Å². The Hall–Kier alpha value is -1.92. The zero-order valence-electron chi connectivity index (χ0n) is 17.6. The van der Waals surface area contributed by atoms with Crippen LogP contribution in [-0.4, -0.2) is 37.5 Å². The van der Waals surface area contributed by atoms with Gasteiger partial charge in [-0.05, 0) is 43.7 Å². The van der Waals surface area contributed by atoms with E-state index in [1.807, 2.05) is 24.3 Å². The summed E-state index contributed by atoms with van der Waals surface area (Å²) in [5, 5.41) is 0. The quantitative estimate of drug-likeness (QED) is 0.551. The lowest BCUT2D eigenvalue weighted by Gasteiger charge is -2.61. The first-order valence-electron chi connectivity index (χ1n) is 11.4. The molecule has 4 aliphatic rings. The van der Waals surface area contributed by atoms with Crippen LogP contribution >= 0.6 is 0 Å². The minimum Gasteiger partial charge on any atom is -0.466 e. The number of hydrogen-bond acceptors (Lipinski definition) is 6. The fourth-order valence-corrected chi connectivity index (χ4v) is 6.59. The molecule has 1 saturated heterocycles. The summed E-state index contributed by atoms with van der Waals surface area (Å²) >= 11 is 0. The fraction of sp³-hybridized carbons (Fsp3) is 0.667. The average Bonchev–Trinajstić information content (AvgIpc) is 2.76. The molecule has 1 aromatic rings. The molecular weight excluding hydrogens is 384 g/mol. The second kappa shape index (κ2) is 7.65. The monoisotopic (exact) mass is 414 g/mol. The number of fused-ring (bicyclic) bond motifs is 6. The van der Waals surface area contributed by atoms with Gasteiger partial charge in [-0.2, -0.15) is 0 Å². The summed E-state index contributed by atoms with van der Waals surface area (Å²) in [6.07, 6.45) is 5.43. The first kappa shape index (κ1) is 20.0. The van der Waals surface area contributed by atoms with Gasteiger partial charge in [-0.15, -0.1) is 0 Å². The highest BCUT2D eigenvalue weighted by molar-refractivity contribution is 5.88. The van der Waals surface area contributed by atoms with Gasteiger partial charge < -0.3 is 18.9 Å². The third kappa shape index (κ3) is 2.91. The molecular formula is C24H30O6. The van der Waals surface area contributed by atoms with Crippen LogP contribution in [0.15, 0.2) is 24.3 Å². The normalized spacial score (nSPS) is 34.3. The maximum absolute atomic E-state index is 13.7. The molecule has 6 heteroatoms. The molecule has 1 aromatic carbocycles. The van der Waals surface area contributed by atoms with Gasteiger partial charge in [0, 0.05) is 18.3 Å². The molecule has 0 aromatic heterocycles. The second-order valence-electron chi connectivity index (χ2n) is 9.07. The van der Waals surface area contributed by atoms with Crippen molar-refractivity contribution in [2.24, 2.45) is 17.3 Å². The summed E-state index contributed by atoms with van der Waals surface area (Å²) in [5.41, 5.74) is 0.0451. The predicted molar refractivity (Wildman–Crippen MR) is 108 cm³/mol. The van der Waals surface area contributed by atoms with E-state index in [0.29, 0.717) is 32.0 Å². The van der Waals surface area contributed by atoms with E-state index in [4.69, 9.17) is 18.9 Å². The zero-order valence-corrected chi connectivity index (χ0v) is 17.6. The van der Waals surface area contributed by atoms with Gasteiger partial charge in [0.15, 0.2) is 5.79 Å². The fourth-order valence-electron chi connectivity index (χ4n) is 6.59. The van der Waals surface area contributed by atoms with Crippen LogP contribution in [-0.2, 0) is 23.8 Å². The number of carbonyl (C=O) groups is 2. The van der Waals surface area contributed by atoms with E-state index in [9.17, 15) is 9.59 Å². The Kier molecular flexibility index (Phi) is 5.10. The third-order valence-electron chi connectivity index (χ3n) is 7.70. The minimum absolute atomic E-state index is 0.0339. The van der Waals surface area contributed by atoms with Gasteiger partial charge in [0.2, 0.25) is 0 Å². The lowest BCUT2D eigenvalue weighted by molar-refractivity contribution is -0.334. The number of hydrogen-bond donors (Lipinski definition) is 0. The van der Waals surface area contributed by atoms with Crippen molar-refractivity contribution in [2.45, 2.75) is 63.6 Å². The lowest BCUT2D eigenvalue weighted by atomic mass is 9.48. The Morgan fingerprint density at radius 3 is 2.60 bits per heavy atom. The summed E-state index contributed by atoms with van der Waals surface area (Å²) in [4.78, 5) is 26.4. The van der Waals surface area contributed by atoms with Gasteiger partial charge in [0.25, 0.3) is 0 Å². The van der Waals surface area contributed by atoms with E-state index in [2.05, 4.69) is 0 Å². The summed E-state index contributed by atoms with van der Waals surface area (Å²) in [7, 11) is 0. The number of benzene rings is 1. The molecule has 4 atom stereocenters. The van der Waals surface area contributed by atoms with Crippen molar-refractivity contribution in [3.63, 3.8) is 0 Å². The molecule has 2 saturated carbocycles. The van der Waals surface area contributed by atoms with E-state index < -0.39 is 11.2 Å². The van der Waals surface area contributed by atoms with Crippen LogP contribution in [0.1, 0.15) is 63.4 Å². The Morgan fingerprint density at radius 2 is 1.83 bits per heavy atom. The molecule has 2 aliphatic carbocycles. The van der Waals surface area contributed by atoms with Crippen molar-refractivity contribution in [1.29, 1.82) is 0 Å². The molecule has 1 spiro atoms. The third-order valence-corrected chi connectivity index (χ3v) is 7.70. The number of carbonyl (C=O) groups excluding carboxylic acids is 2. The highest BCUT2D eigenvalue weighted by Gasteiger charge is 2.68. The Morgan fingerprint density at radius 1 is 1.10 bits per heavy atom. The first-order chi connectivity index (χ1) is 14.6. The topological polar surface area (TPSA) is 71.1 Å². The van der Waals surface area contributed by atoms with E-state index in [1.165, 1.54) is 0 Å². The summed E-state index contributed by atoms with van der Waals surface area (Å²) in [6.45, 7) is 3.44. The molecule has 6 nitrogen and oxygen atoms in total. The van der Waals surface area contributed by atoms with E-state index >= 15 is 0 Å². The van der Waals surface area contributed by atoms with Crippen molar-refractivity contribution in [3.8, 4) is 5.75 Å². The van der Waals surface area contributed by atoms with Gasteiger partial charge in [-0.1, -0.05) is 31.0 Å². The molecule has 162 valence electrons. The molecule has 0 bridgehead atoms. The smallest absolute Gasteiger partial charge is 0.319 e. The summed E-state index contributed by atoms with van der Waals surface area (Å²) in [6, 6.07) is 7.70. The van der Waals surface area contributed by atoms with Crippen LogP contribution in [0.5, 0.6) is 5.75 Å². The molecule has 4 unspecified atom stereocenters.